The first kappa shape index (κ1) is 12.7. The van der Waals surface area contributed by atoms with Crippen LogP contribution in [0.3, 0.4) is 0 Å². The van der Waals surface area contributed by atoms with Crippen LogP contribution in [-0.2, 0) is 12.8 Å². The summed E-state index contributed by atoms with van der Waals surface area (Å²) < 4.78 is 1.04. The Morgan fingerprint density at radius 2 is 2.29 bits per heavy atom. The van der Waals surface area contributed by atoms with Crippen LogP contribution in [0.5, 0.6) is 0 Å². The van der Waals surface area contributed by atoms with Crippen LogP contribution in [0, 0.1) is 0 Å². The molecule has 1 N–H and O–H groups in total. The normalized spacial score (nSPS) is 12.6. The Labute approximate surface area is 113 Å². The average molecular weight is 312 g/mol. The molecule has 0 radical (unpaired) electrons. The molecule has 90 valence electrons. The summed E-state index contributed by atoms with van der Waals surface area (Å²) in [5, 5.41) is 12.0. The number of aromatic nitrogens is 1. The summed E-state index contributed by atoms with van der Waals surface area (Å²) in [6.07, 6.45) is 2.96. The lowest BCUT2D eigenvalue weighted by Gasteiger charge is -2.08. The summed E-state index contributed by atoms with van der Waals surface area (Å²) in [6.45, 7) is 2.11. The van der Waals surface area contributed by atoms with Crippen LogP contribution in [0.25, 0.3) is 0 Å². The lowest BCUT2D eigenvalue weighted by Crippen LogP contribution is -2.02. The molecular weight excluding hydrogens is 298 g/mol. The summed E-state index contributed by atoms with van der Waals surface area (Å²) in [6, 6.07) is 6.01. The lowest BCUT2D eigenvalue weighted by molar-refractivity contribution is 0.177. The van der Waals surface area contributed by atoms with Crippen molar-refractivity contribution >= 4 is 27.3 Å². The summed E-state index contributed by atoms with van der Waals surface area (Å²) in [7, 11) is 0. The second-order valence-corrected chi connectivity index (χ2v) is 6.21. The zero-order valence-corrected chi connectivity index (χ0v) is 12.0. The molecule has 0 aromatic carbocycles. The van der Waals surface area contributed by atoms with E-state index in [0.29, 0.717) is 6.42 Å². The van der Waals surface area contributed by atoms with Gasteiger partial charge < -0.3 is 5.11 Å². The van der Waals surface area contributed by atoms with E-state index in [1.54, 1.807) is 11.3 Å². The smallest absolute Gasteiger partial charge is 0.0853 e. The third-order valence-corrected chi connectivity index (χ3v) is 4.19. The molecule has 0 saturated carbocycles. The fourth-order valence-corrected chi connectivity index (χ4v) is 2.82. The Bertz CT molecular complexity index is 480. The zero-order valence-electron chi connectivity index (χ0n) is 9.56. The molecule has 4 heteroatoms. The van der Waals surface area contributed by atoms with E-state index in [9.17, 15) is 5.11 Å². The van der Waals surface area contributed by atoms with Gasteiger partial charge in [-0.2, -0.15) is 0 Å². The Morgan fingerprint density at radius 3 is 2.82 bits per heavy atom. The van der Waals surface area contributed by atoms with Gasteiger partial charge in [0.05, 0.1) is 9.89 Å². The molecule has 2 heterocycles. The molecule has 0 aliphatic rings. The van der Waals surface area contributed by atoms with Gasteiger partial charge in [0.2, 0.25) is 0 Å². The van der Waals surface area contributed by atoms with Gasteiger partial charge in [-0.05, 0) is 51.0 Å². The quantitative estimate of drug-likeness (QED) is 0.933. The number of hydrogen-bond acceptors (Lipinski definition) is 3. The number of hydrogen-bond donors (Lipinski definition) is 1. The third kappa shape index (κ3) is 3.37. The van der Waals surface area contributed by atoms with E-state index in [-0.39, 0.29) is 0 Å². The number of rotatable bonds is 4. The second-order valence-electron chi connectivity index (χ2n) is 3.92. The van der Waals surface area contributed by atoms with Gasteiger partial charge in [-0.25, -0.2) is 0 Å². The lowest BCUT2D eigenvalue weighted by atomic mass is 10.1. The van der Waals surface area contributed by atoms with Crippen molar-refractivity contribution in [2.24, 2.45) is 0 Å². The van der Waals surface area contributed by atoms with Crippen molar-refractivity contribution < 1.29 is 5.11 Å². The van der Waals surface area contributed by atoms with E-state index in [4.69, 9.17) is 0 Å². The topological polar surface area (TPSA) is 33.1 Å². The summed E-state index contributed by atoms with van der Waals surface area (Å²) >= 11 is 4.98. The van der Waals surface area contributed by atoms with Crippen LogP contribution >= 0.6 is 27.3 Å². The molecule has 1 unspecified atom stereocenters. The van der Waals surface area contributed by atoms with Crippen LogP contribution in [0.2, 0.25) is 0 Å². The zero-order chi connectivity index (χ0) is 12.3. The van der Waals surface area contributed by atoms with E-state index < -0.39 is 6.10 Å². The standard InChI is InChI=1S/C13H14BrNOS/c1-2-9-3-4-11(15-7-9)6-12(16)10-5-13(14)17-8-10/h3-5,7-8,12,16H,2,6H2,1H3. The van der Waals surface area contributed by atoms with Crippen LogP contribution in [0.1, 0.15) is 29.8 Å². The molecule has 17 heavy (non-hydrogen) atoms. The fourth-order valence-electron chi connectivity index (χ4n) is 1.60. The minimum atomic E-state index is -0.475. The highest BCUT2D eigenvalue weighted by Crippen LogP contribution is 2.26. The van der Waals surface area contributed by atoms with Gasteiger partial charge in [0, 0.05) is 18.3 Å². The molecule has 2 nitrogen and oxygen atoms in total. The average Bonchev–Trinajstić information content (AvgIpc) is 2.77. The third-order valence-electron chi connectivity index (χ3n) is 2.67. The predicted octanol–water partition coefficient (Wildman–Crippen LogP) is 3.74. The second kappa shape index (κ2) is 5.76. The molecule has 2 aromatic rings. The first-order valence-corrected chi connectivity index (χ1v) is 7.22. The molecule has 2 aromatic heterocycles. The van der Waals surface area contributed by atoms with E-state index >= 15 is 0 Å². The number of halogens is 1. The molecule has 0 amide bonds. The number of aliphatic hydroxyl groups is 1. The molecular formula is C13H14BrNOS. The van der Waals surface area contributed by atoms with E-state index in [1.165, 1.54) is 5.56 Å². The van der Waals surface area contributed by atoms with Gasteiger partial charge in [-0.15, -0.1) is 11.3 Å². The van der Waals surface area contributed by atoms with Gasteiger partial charge in [-0.1, -0.05) is 13.0 Å². The monoisotopic (exact) mass is 311 g/mol. The van der Waals surface area contributed by atoms with E-state index in [0.717, 1.165) is 21.5 Å². The fraction of sp³-hybridized carbons (Fsp3) is 0.308. The maximum atomic E-state index is 10.1. The molecule has 0 bridgehead atoms. The minimum absolute atomic E-state index is 0.475. The van der Waals surface area contributed by atoms with Crippen molar-refractivity contribution in [2.45, 2.75) is 25.9 Å². The Hall–Kier alpha value is -0.710. The molecule has 1 atom stereocenters. The van der Waals surface area contributed by atoms with Crippen LogP contribution in [0.4, 0.5) is 0 Å². The first-order chi connectivity index (χ1) is 8.19. The first-order valence-electron chi connectivity index (χ1n) is 5.55. The van der Waals surface area contributed by atoms with Crippen molar-refractivity contribution in [2.75, 3.05) is 0 Å². The van der Waals surface area contributed by atoms with Gasteiger partial charge in [0.25, 0.3) is 0 Å². The highest BCUT2D eigenvalue weighted by Gasteiger charge is 2.11. The van der Waals surface area contributed by atoms with Crippen LogP contribution in [0.15, 0.2) is 33.6 Å². The predicted molar refractivity (Wildman–Crippen MR) is 74.3 cm³/mol. The maximum absolute atomic E-state index is 10.1. The maximum Gasteiger partial charge on any atom is 0.0853 e. The van der Waals surface area contributed by atoms with Gasteiger partial charge in [0.1, 0.15) is 0 Å². The van der Waals surface area contributed by atoms with E-state index in [2.05, 4.69) is 33.9 Å². The van der Waals surface area contributed by atoms with Crippen molar-refractivity contribution in [3.8, 4) is 0 Å². The Morgan fingerprint density at radius 1 is 1.47 bits per heavy atom. The number of aliphatic hydroxyl groups excluding tert-OH is 1. The molecule has 0 fully saturated rings. The summed E-state index contributed by atoms with van der Waals surface area (Å²) in [4.78, 5) is 4.35. The number of nitrogens with zero attached hydrogens (tertiary/aromatic N) is 1. The van der Waals surface area contributed by atoms with Crippen molar-refractivity contribution in [3.63, 3.8) is 0 Å². The summed E-state index contributed by atoms with van der Waals surface area (Å²) in [5.41, 5.74) is 3.10. The van der Waals surface area contributed by atoms with Gasteiger partial charge in [-0.3, -0.25) is 4.98 Å². The SMILES string of the molecule is CCc1ccc(CC(O)c2csc(Br)c2)nc1. The number of thiophene rings is 1. The summed E-state index contributed by atoms with van der Waals surface area (Å²) in [5.74, 6) is 0. The van der Waals surface area contributed by atoms with Crippen LogP contribution < -0.4 is 0 Å². The number of aryl methyl sites for hydroxylation is 1. The highest BCUT2D eigenvalue weighted by atomic mass is 79.9. The van der Waals surface area contributed by atoms with E-state index in [1.807, 2.05) is 23.7 Å². The molecule has 2 rings (SSSR count). The van der Waals surface area contributed by atoms with Gasteiger partial charge in [0.15, 0.2) is 0 Å². The largest absolute Gasteiger partial charge is 0.388 e. The minimum Gasteiger partial charge on any atom is -0.388 e. The molecule has 0 aliphatic heterocycles. The molecule has 0 saturated heterocycles. The van der Waals surface area contributed by atoms with Crippen molar-refractivity contribution in [1.82, 2.24) is 4.98 Å². The van der Waals surface area contributed by atoms with Gasteiger partial charge >= 0.3 is 0 Å². The molecule has 0 aliphatic carbocycles. The number of pyridine rings is 1. The molecule has 0 spiro atoms. The van der Waals surface area contributed by atoms with Crippen molar-refractivity contribution in [1.29, 1.82) is 0 Å². The highest BCUT2D eigenvalue weighted by molar-refractivity contribution is 9.11. The Kier molecular flexibility index (Phi) is 4.31. The van der Waals surface area contributed by atoms with Crippen LogP contribution in [-0.4, -0.2) is 10.1 Å². The Balaban J connectivity index is 2.04. The van der Waals surface area contributed by atoms with Crippen molar-refractivity contribution in [3.05, 3.63) is 50.4 Å².